The second-order valence-electron chi connectivity index (χ2n) is 6.83. The molecule has 1 unspecified atom stereocenters. The predicted octanol–water partition coefficient (Wildman–Crippen LogP) is 2.56. The van der Waals surface area contributed by atoms with Crippen LogP contribution < -0.4 is 10.6 Å². The Balaban J connectivity index is 1.73. The number of hydrogen-bond acceptors (Lipinski definition) is 4. The van der Waals surface area contributed by atoms with Gasteiger partial charge in [0, 0.05) is 25.4 Å². The minimum atomic E-state index is -0.606. The van der Waals surface area contributed by atoms with Crippen LogP contribution in [0, 0.1) is 0 Å². The van der Waals surface area contributed by atoms with Gasteiger partial charge in [-0.05, 0) is 18.2 Å². The van der Waals surface area contributed by atoms with Gasteiger partial charge < -0.3 is 5.32 Å². The molecule has 29 heavy (non-hydrogen) atoms. The molecule has 0 fully saturated rings. The van der Waals surface area contributed by atoms with Gasteiger partial charge in [0.05, 0.1) is 12.7 Å². The number of carbonyl (C=O) groups excluding carboxylic acids is 2. The van der Waals surface area contributed by atoms with E-state index in [0.29, 0.717) is 13.1 Å². The van der Waals surface area contributed by atoms with Gasteiger partial charge in [0.2, 0.25) is 5.91 Å². The third kappa shape index (κ3) is 5.52. The maximum absolute atomic E-state index is 12.8. The number of rotatable bonds is 7. The summed E-state index contributed by atoms with van der Waals surface area (Å²) in [6, 6.07) is 18.4. The SMILES string of the molecule is CNC(=O)NC(=O)C(c1ccccc1)N(C)Cc1cnn(Cc2ccccc2)c1. The van der Waals surface area contributed by atoms with Crippen molar-refractivity contribution in [3.05, 3.63) is 89.7 Å². The molecule has 0 spiro atoms. The van der Waals surface area contributed by atoms with Crippen LogP contribution in [-0.2, 0) is 17.9 Å². The molecule has 1 heterocycles. The lowest BCUT2D eigenvalue weighted by molar-refractivity contribution is -0.125. The van der Waals surface area contributed by atoms with Gasteiger partial charge >= 0.3 is 6.03 Å². The third-order valence-corrected chi connectivity index (χ3v) is 4.57. The summed E-state index contributed by atoms with van der Waals surface area (Å²) >= 11 is 0. The number of imide groups is 1. The molecule has 3 rings (SSSR count). The Morgan fingerprint density at radius 3 is 2.34 bits per heavy atom. The molecule has 150 valence electrons. The van der Waals surface area contributed by atoms with Crippen molar-refractivity contribution in [2.75, 3.05) is 14.1 Å². The first-order valence-electron chi connectivity index (χ1n) is 9.40. The molecule has 0 aliphatic carbocycles. The minimum Gasteiger partial charge on any atom is -0.341 e. The van der Waals surface area contributed by atoms with Gasteiger partial charge in [0.1, 0.15) is 6.04 Å². The Morgan fingerprint density at radius 1 is 1.03 bits per heavy atom. The highest BCUT2D eigenvalue weighted by atomic mass is 16.2. The summed E-state index contributed by atoms with van der Waals surface area (Å²) in [7, 11) is 3.33. The molecule has 2 N–H and O–H groups in total. The van der Waals surface area contributed by atoms with E-state index in [1.807, 2.05) is 71.4 Å². The molecule has 7 heteroatoms. The maximum atomic E-state index is 12.8. The summed E-state index contributed by atoms with van der Waals surface area (Å²) in [5.41, 5.74) is 2.97. The zero-order valence-corrected chi connectivity index (χ0v) is 16.6. The third-order valence-electron chi connectivity index (χ3n) is 4.57. The number of amides is 3. The second kappa shape index (κ2) is 9.66. The van der Waals surface area contributed by atoms with E-state index in [0.717, 1.165) is 11.1 Å². The Bertz CT molecular complexity index is 940. The molecule has 0 aliphatic heterocycles. The number of benzene rings is 2. The molecule has 3 amide bonds. The van der Waals surface area contributed by atoms with Crippen molar-refractivity contribution in [1.29, 1.82) is 0 Å². The first kappa shape index (κ1) is 20.3. The molecule has 1 atom stereocenters. The maximum Gasteiger partial charge on any atom is 0.321 e. The molecule has 0 aliphatic rings. The van der Waals surface area contributed by atoms with Crippen molar-refractivity contribution < 1.29 is 9.59 Å². The van der Waals surface area contributed by atoms with Crippen LogP contribution in [-0.4, -0.2) is 40.7 Å². The molecular weight excluding hydrogens is 366 g/mol. The van der Waals surface area contributed by atoms with E-state index in [2.05, 4.69) is 27.9 Å². The summed E-state index contributed by atoms with van der Waals surface area (Å²) in [5.74, 6) is -0.380. The summed E-state index contributed by atoms with van der Waals surface area (Å²) in [4.78, 5) is 26.3. The van der Waals surface area contributed by atoms with E-state index in [4.69, 9.17) is 0 Å². The van der Waals surface area contributed by atoms with Gasteiger partial charge in [-0.3, -0.25) is 19.7 Å². The quantitative estimate of drug-likeness (QED) is 0.649. The van der Waals surface area contributed by atoms with E-state index >= 15 is 0 Å². The Hall–Kier alpha value is -3.45. The average molecular weight is 391 g/mol. The Labute approximate surface area is 170 Å². The van der Waals surface area contributed by atoms with E-state index in [1.54, 1.807) is 6.20 Å². The summed E-state index contributed by atoms with van der Waals surface area (Å²) < 4.78 is 1.88. The van der Waals surface area contributed by atoms with Crippen molar-refractivity contribution in [3.8, 4) is 0 Å². The van der Waals surface area contributed by atoms with Gasteiger partial charge in [0.15, 0.2) is 0 Å². The first-order valence-corrected chi connectivity index (χ1v) is 9.40. The van der Waals surface area contributed by atoms with E-state index < -0.39 is 12.1 Å². The molecule has 2 aromatic carbocycles. The molecule has 0 bridgehead atoms. The topological polar surface area (TPSA) is 79.3 Å². The highest BCUT2D eigenvalue weighted by molar-refractivity contribution is 5.97. The molecule has 1 aromatic heterocycles. The van der Waals surface area contributed by atoms with Crippen LogP contribution in [0.15, 0.2) is 73.1 Å². The van der Waals surface area contributed by atoms with E-state index in [9.17, 15) is 9.59 Å². The first-order chi connectivity index (χ1) is 14.1. The standard InChI is InChI=1S/C22H25N5O2/c1-23-22(29)25-21(28)20(19-11-7-4-8-12-19)26(2)14-18-13-24-27(16-18)15-17-9-5-3-6-10-17/h3-13,16,20H,14-15H2,1-2H3,(H2,23,25,28,29). The summed E-state index contributed by atoms with van der Waals surface area (Å²) in [5, 5.41) is 9.22. The van der Waals surface area contributed by atoms with Crippen LogP contribution in [0.4, 0.5) is 4.79 Å². The lowest BCUT2D eigenvalue weighted by atomic mass is 10.0. The molecular formula is C22H25N5O2. The monoisotopic (exact) mass is 391 g/mol. The lowest BCUT2D eigenvalue weighted by Crippen LogP contribution is -2.44. The van der Waals surface area contributed by atoms with Crippen LogP contribution in [0.2, 0.25) is 0 Å². The van der Waals surface area contributed by atoms with Crippen molar-refractivity contribution in [2.45, 2.75) is 19.1 Å². The minimum absolute atomic E-state index is 0.380. The summed E-state index contributed by atoms with van der Waals surface area (Å²) in [6.07, 6.45) is 3.78. The van der Waals surface area contributed by atoms with Gasteiger partial charge in [-0.15, -0.1) is 0 Å². The van der Waals surface area contributed by atoms with Crippen molar-refractivity contribution in [3.63, 3.8) is 0 Å². The summed E-state index contributed by atoms with van der Waals surface area (Å²) in [6.45, 7) is 1.19. The van der Waals surface area contributed by atoms with E-state index in [-0.39, 0.29) is 5.91 Å². The van der Waals surface area contributed by atoms with Crippen LogP contribution >= 0.6 is 0 Å². The Kier molecular flexibility index (Phi) is 6.76. The molecule has 7 nitrogen and oxygen atoms in total. The fourth-order valence-corrected chi connectivity index (χ4v) is 3.21. The van der Waals surface area contributed by atoms with Crippen LogP contribution in [0.25, 0.3) is 0 Å². The van der Waals surface area contributed by atoms with Crippen LogP contribution in [0.1, 0.15) is 22.7 Å². The number of urea groups is 1. The molecule has 3 aromatic rings. The zero-order chi connectivity index (χ0) is 20.6. The highest BCUT2D eigenvalue weighted by Crippen LogP contribution is 2.21. The number of hydrogen-bond donors (Lipinski definition) is 2. The zero-order valence-electron chi connectivity index (χ0n) is 16.6. The fraction of sp³-hybridized carbons (Fsp3) is 0.227. The number of nitrogens with zero attached hydrogens (tertiary/aromatic N) is 3. The van der Waals surface area contributed by atoms with Gasteiger partial charge in [0.25, 0.3) is 0 Å². The highest BCUT2D eigenvalue weighted by Gasteiger charge is 2.26. The van der Waals surface area contributed by atoms with Gasteiger partial charge in [-0.25, -0.2) is 4.79 Å². The Morgan fingerprint density at radius 2 is 1.69 bits per heavy atom. The van der Waals surface area contributed by atoms with E-state index in [1.165, 1.54) is 12.6 Å². The molecule has 0 radical (unpaired) electrons. The normalized spacial score (nSPS) is 11.8. The predicted molar refractivity (Wildman–Crippen MR) is 111 cm³/mol. The lowest BCUT2D eigenvalue weighted by Gasteiger charge is -2.26. The van der Waals surface area contributed by atoms with Crippen LogP contribution in [0.3, 0.4) is 0 Å². The van der Waals surface area contributed by atoms with Gasteiger partial charge in [-0.1, -0.05) is 60.7 Å². The smallest absolute Gasteiger partial charge is 0.321 e. The molecule has 0 saturated heterocycles. The molecule has 0 saturated carbocycles. The second-order valence-corrected chi connectivity index (χ2v) is 6.83. The number of aromatic nitrogens is 2. The number of likely N-dealkylation sites (N-methyl/N-ethyl adjacent to an activating group) is 1. The van der Waals surface area contributed by atoms with Gasteiger partial charge in [-0.2, -0.15) is 5.10 Å². The number of nitrogens with one attached hydrogen (secondary N) is 2. The fourth-order valence-electron chi connectivity index (χ4n) is 3.21. The van der Waals surface area contributed by atoms with Crippen LogP contribution in [0.5, 0.6) is 0 Å². The van der Waals surface area contributed by atoms with Crippen molar-refractivity contribution in [1.82, 2.24) is 25.3 Å². The average Bonchev–Trinajstić information content (AvgIpc) is 3.16. The largest absolute Gasteiger partial charge is 0.341 e. The van der Waals surface area contributed by atoms with Crippen molar-refractivity contribution in [2.24, 2.45) is 0 Å². The number of carbonyl (C=O) groups is 2. The van der Waals surface area contributed by atoms with Crippen molar-refractivity contribution >= 4 is 11.9 Å².